The second-order valence-electron chi connectivity index (χ2n) is 7.62. The smallest absolute Gasteiger partial charge is 0.279 e. The molecule has 168 valence electrons. The third-order valence-electron chi connectivity index (χ3n) is 5.17. The molecule has 4 rings (SSSR count). The lowest BCUT2D eigenvalue weighted by Crippen LogP contribution is -2.34. The van der Waals surface area contributed by atoms with Crippen molar-refractivity contribution >= 4 is 40.9 Å². The largest absolute Gasteiger partial charge is 0.336 e. The van der Waals surface area contributed by atoms with Gasteiger partial charge in [-0.25, -0.2) is 9.97 Å². The minimum absolute atomic E-state index is 0.155. The summed E-state index contributed by atoms with van der Waals surface area (Å²) in [7, 11) is 0. The third-order valence-corrected chi connectivity index (χ3v) is 6.35. The van der Waals surface area contributed by atoms with Gasteiger partial charge in [0, 0.05) is 28.6 Å². The van der Waals surface area contributed by atoms with Crippen LogP contribution >= 0.6 is 23.4 Å². The molecule has 3 aromatic rings. The summed E-state index contributed by atoms with van der Waals surface area (Å²) in [5.41, 5.74) is 3.60. The van der Waals surface area contributed by atoms with Crippen LogP contribution in [0, 0.1) is 13.8 Å². The van der Waals surface area contributed by atoms with Gasteiger partial charge in [-0.3, -0.25) is 14.5 Å². The highest BCUT2D eigenvalue weighted by Gasteiger charge is 2.42. The fourth-order valence-corrected chi connectivity index (χ4v) is 4.87. The Kier molecular flexibility index (Phi) is 6.81. The summed E-state index contributed by atoms with van der Waals surface area (Å²) in [6.45, 7) is 6.39. The fraction of sp³-hybridized carbons (Fsp3) is 0.200. The summed E-state index contributed by atoms with van der Waals surface area (Å²) in [6, 6.07) is 18.6. The molecular weight excluding hydrogens is 456 g/mol. The molecule has 0 fully saturated rings. The summed E-state index contributed by atoms with van der Waals surface area (Å²) >= 11 is 7.13. The summed E-state index contributed by atoms with van der Waals surface area (Å²) < 4.78 is 0. The number of carbonyl (C=O) groups excluding carboxylic acids is 2. The number of thioether (sulfide) groups is 1. The third kappa shape index (κ3) is 4.94. The van der Waals surface area contributed by atoms with Crippen LogP contribution in [0.15, 0.2) is 76.4 Å². The van der Waals surface area contributed by atoms with E-state index in [0.717, 1.165) is 34.4 Å². The van der Waals surface area contributed by atoms with Crippen LogP contribution < -0.4 is 4.90 Å². The zero-order chi connectivity index (χ0) is 23.5. The van der Waals surface area contributed by atoms with Gasteiger partial charge < -0.3 is 4.90 Å². The fourth-order valence-electron chi connectivity index (χ4n) is 3.70. The lowest BCUT2D eigenvalue weighted by molar-refractivity contribution is -0.138. The van der Waals surface area contributed by atoms with Crippen LogP contribution in [0.1, 0.15) is 23.9 Å². The van der Waals surface area contributed by atoms with E-state index in [9.17, 15) is 9.59 Å². The van der Waals surface area contributed by atoms with Crippen LogP contribution in [-0.4, -0.2) is 33.2 Å². The molecule has 0 bridgehead atoms. The van der Waals surface area contributed by atoms with Gasteiger partial charge in [-0.2, -0.15) is 0 Å². The van der Waals surface area contributed by atoms with Gasteiger partial charge in [0.1, 0.15) is 10.6 Å². The molecule has 33 heavy (non-hydrogen) atoms. The van der Waals surface area contributed by atoms with Crippen molar-refractivity contribution in [3.05, 3.63) is 93.2 Å². The minimum atomic E-state index is -0.355. The van der Waals surface area contributed by atoms with E-state index >= 15 is 0 Å². The Balaban J connectivity index is 1.76. The highest BCUT2D eigenvalue weighted by molar-refractivity contribution is 8.04. The van der Waals surface area contributed by atoms with Crippen molar-refractivity contribution in [1.82, 2.24) is 14.9 Å². The Morgan fingerprint density at radius 1 is 0.939 bits per heavy atom. The van der Waals surface area contributed by atoms with Gasteiger partial charge in [-0.15, -0.1) is 0 Å². The first-order valence-electron chi connectivity index (χ1n) is 10.5. The van der Waals surface area contributed by atoms with E-state index in [1.165, 1.54) is 4.90 Å². The number of para-hydroxylation sites is 1. The number of hydrogen-bond donors (Lipinski definition) is 0. The number of amides is 2. The summed E-state index contributed by atoms with van der Waals surface area (Å²) in [4.78, 5) is 39.6. The first kappa shape index (κ1) is 23.0. The zero-order valence-electron chi connectivity index (χ0n) is 18.6. The van der Waals surface area contributed by atoms with Gasteiger partial charge in [-0.05, 0) is 68.4 Å². The lowest BCUT2D eigenvalue weighted by Gasteiger charge is -2.24. The number of aryl methyl sites for hydroxylation is 2. The average molecular weight is 479 g/mol. The van der Waals surface area contributed by atoms with Crippen molar-refractivity contribution < 1.29 is 9.59 Å². The van der Waals surface area contributed by atoms with E-state index in [1.54, 1.807) is 12.1 Å². The van der Waals surface area contributed by atoms with Crippen LogP contribution in [0.4, 0.5) is 5.69 Å². The molecule has 1 aromatic heterocycles. The van der Waals surface area contributed by atoms with E-state index in [4.69, 9.17) is 11.6 Å². The van der Waals surface area contributed by atoms with E-state index in [2.05, 4.69) is 9.97 Å². The van der Waals surface area contributed by atoms with Crippen LogP contribution in [0.2, 0.25) is 5.02 Å². The molecule has 0 aliphatic carbocycles. The summed E-state index contributed by atoms with van der Waals surface area (Å²) in [5, 5.41) is 1.04. The molecular formula is C25H23ClN4O2S. The monoisotopic (exact) mass is 478 g/mol. The van der Waals surface area contributed by atoms with Crippen LogP contribution in [-0.2, 0) is 16.1 Å². The van der Waals surface area contributed by atoms with Crippen LogP contribution in [0.5, 0.6) is 0 Å². The maximum atomic E-state index is 13.6. The number of likely N-dealkylation sites (N-methyl/N-ethyl adjacent to an activating group) is 1. The van der Waals surface area contributed by atoms with Gasteiger partial charge in [0.25, 0.3) is 11.8 Å². The van der Waals surface area contributed by atoms with Crippen molar-refractivity contribution in [2.24, 2.45) is 0 Å². The Bertz CT molecular complexity index is 1210. The maximum Gasteiger partial charge on any atom is 0.279 e. The van der Waals surface area contributed by atoms with Crippen LogP contribution in [0.3, 0.4) is 0 Å². The van der Waals surface area contributed by atoms with E-state index in [-0.39, 0.29) is 18.4 Å². The molecule has 2 heterocycles. The van der Waals surface area contributed by atoms with Gasteiger partial charge in [0.15, 0.2) is 5.16 Å². The Morgan fingerprint density at radius 2 is 1.58 bits per heavy atom. The first-order chi connectivity index (χ1) is 15.9. The SMILES string of the molecule is CCN(C1=C(Sc2nc(C)cc(C)n2)C(=O)N(Cc2ccc(Cl)cc2)C1=O)c1ccccc1. The minimum Gasteiger partial charge on any atom is -0.336 e. The number of nitrogens with zero attached hydrogens (tertiary/aromatic N) is 4. The van der Waals surface area contributed by atoms with Crippen molar-refractivity contribution in [2.75, 3.05) is 11.4 Å². The van der Waals surface area contributed by atoms with Crippen molar-refractivity contribution in [2.45, 2.75) is 32.5 Å². The predicted octanol–water partition coefficient (Wildman–Crippen LogP) is 5.15. The van der Waals surface area contributed by atoms with E-state index in [1.807, 2.05) is 74.2 Å². The molecule has 8 heteroatoms. The molecule has 6 nitrogen and oxygen atoms in total. The summed E-state index contributed by atoms with van der Waals surface area (Å²) in [5.74, 6) is -0.695. The molecule has 0 spiro atoms. The van der Waals surface area contributed by atoms with Gasteiger partial charge in [-0.1, -0.05) is 41.9 Å². The number of anilines is 1. The highest BCUT2D eigenvalue weighted by Crippen LogP contribution is 2.37. The molecule has 2 amide bonds. The Labute approximate surface area is 202 Å². The molecule has 1 aliphatic heterocycles. The number of imide groups is 1. The molecule has 0 N–H and O–H groups in total. The standard InChI is InChI=1S/C25H23ClN4O2S/c1-4-29(20-8-6-5-7-9-20)21-22(33-25-27-16(2)14-17(3)28-25)24(32)30(23(21)31)15-18-10-12-19(26)13-11-18/h5-14H,4,15H2,1-3H3. The number of aromatic nitrogens is 2. The van der Waals surface area contributed by atoms with Gasteiger partial charge in [0.05, 0.1) is 6.54 Å². The van der Waals surface area contributed by atoms with Crippen LogP contribution in [0.25, 0.3) is 0 Å². The molecule has 0 saturated carbocycles. The van der Waals surface area contributed by atoms with E-state index in [0.29, 0.717) is 27.3 Å². The van der Waals surface area contributed by atoms with Crippen molar-refractivity contribution in [3.8, 4) is 0 Å². The quantitative estimate of drug-likeness (QED) is 0.346. The van der Waals surface area contributed by atoms with Gasteiger partial charge >= 0.3 is 0 Å². The van der Waals surface area contributed by atoms with E-state index < -0.39 is 0 Å². The number of rotatable bonds is 7. The highest BCUT2D eigenvalue weighted by atomic mass is 35.5. The molecule has 0 radical (unpaired) electrons. The molecule has 0 unspecified atom stereocenters. The van der Waals surface area contributed by atoms with Crippen molar-refractivity contribution in [1.29, 1.82) is 0 Å². The average Bonchev–Trinajstić information content (AvgIpc) is 3.00. The molecule has 0 atom stereocenters. The second-order valence-corrected chi connectivity index (χ2v) is 9.03. The summed E-state index contributed by atoms with van der Waals surface area (Å²) in [6.07, 6.45) is 0. The number of halogens is 1. The number of benzene rings is 2. The molecule has 1 aliphatic rings. The maximum absolute atomic E-state index is 13.6. The second kappa shape index (κ2) is 9.77. The normalized spacial score (nSPS) is 13.8. The zero-order valence-corrected chi connectivity index (χ0v) is 20.2. The predicted molar refractivity (Wildman–Crippen MR) is 131 cm³/mol. The molecule has 2 aromatic carbocycles. The van der Waals surface area contributed by atoms with Gasteiger partial charge in [0.2, 0.25) is 0 Å². The van der Waals surface area contributed by atoms with Crippen molar-refractivity contribution in [3.63, 3.8) is 0 Å². The lowest BCUT2D eigenvalue weighted by atomic mass is 10.2. The molecule has 0 saturated heterocycles. The Morgan fingerprint density at radius 3 is 2.18 bits per heavy atom. The number of carbonyl (C=O) groups is 2. The first-order valence-corrected chi connectivity index (χ1v) is 11.7. The Hall–Kier alpha value is -3.16. The topological polar surface area (TPSA) is 66.4 Å². The number of hydrogen-bond acceptors (Lipinski definition) is 6.